The van der Waals surface area contributed by atoms with Gasteiger partial charge in [0.2, 0.25) is 5.91 Å². The van der Waals surface area contributed by atoms with Crippen LogP contribution in [0.15, 0.2) is 0 Å². The predicted molar refractivity (Wildman–Crippen MR) is 75.4 cm³/mol. The summed E-state index contributed by atoms with van der Waals surface area (Å²) in [5.74, 6) is 0.209. The standard InChI is InChI=1S/C14H29N3O/c1-13(18)17-9-5-8-16(10-11-17)7-4-6-14(2,3)12-15/h4-12,15H2,1-3H3. The summed E-state index contributed by atoms with van der Waals surface area (Å²) in [6.45, 7) is 11.9. The van der Waals surface area contributed by atoms with Gasteiger partial charge in [0.25, 0.3) is 0 Å². The quantitative estimate of drug-likeness (QED) is 0.806. The van der Waals surface area contributed by atoms with E-state index in [1.807, 2.05) is 4.90 Å². The van der Waals surface area contributed by atoms with Crippen LogP contribution in [0.2, 0.25) is 0 Å². The zero-order valence-electron chi connectivity index (χ0n) is 12.2. The third-order valence-electron chi connectivity index (χ3n) is 3.91. The van der Waals surface area contributed by atoms with E-state index in [1.165, 1.54) is 12.8 Å². The van der Waals surface area contributed by atoms with Gasteiger partial charge in [-0.15, -0.1) is 0 Å². The lowest BCUT2D eigenvalue weighted by Crippen LogP contribution is -2.34. The third-order valence-corrected chi connectivity index (χ3v) is 3.91. The maximum absolute atomic E-state index is 11.3. The van der Waals surface area contributed by atoms with Gasteiger partial charge in [-0.05, 0) is 44.3 Å². The summed E-state index contributed by atoms with van der Waals surface area (Å²) in [5.41, 5.74) is 6.01. The maximum atomic E-state index is 11.3. The van der Waals surface area contributed by atoms with Gasteiger partial charge in [-0.25, -0.2) is 0 Å². The molecule has 4 nitrogen and oxygen atoms in total. The normalized spacial score (nSPS) is 18.8. The molecule has 0 aliphatic carbocycles. The molecule has 0 atom stereocenters. The van der Waals surface area contributed by atoms with Crippen molar-refractivity contribution in [1.82, 2.24) is 9.80 Å². The smallest absolute Gasteiger partial charge is 0.219 e. The number of hydrogen-bond donors (Lipinski definition) is 1. The Labute approximate surface area is 111 Å². The summed E-state index contributed by atoms with van der Waals surface area (Å²) in [6, 6.07) is 0. The van der Waals surface area contributed by atoms with Crippen LogP contribution in [0.25, 0.3) is 0 Å². The lowest BCUT2D eigenvalue weighted by Gasteiger charge is -2.25. The highest BCUT2D eigenvalue weighted by Crippen LogP contribution is 2.20. The van der Waals surface area contributed by atoms with Crippen LogP contribution in [0.4, 0.5) is 0 Å². The monoisotopic (exact) mass is 255 g/mol. The number of nitrogens with zero attached hydrogens (tertiary/aromatic N) is 2. The molecule has 1 heterocycles. The molecular formula is C14H29N3O. The molecule has 1 fully saturated rings. The van der Waals surface area contributed by atoms with E-state index in [2.05, 4.69) is 18.7 Å². The predicted octanol–water partition coefficient (Wildman–Crippen LogP) is 1.31. The van der Waals surface area contributed by atoms with Crippen molar-refractivity contribution in [3.63, 3.8) is 0 Å². The van der Waals surface area contributed by atoms with Crippen molar-refractivity contribution in [2.24, 2.45) is 11.1 Å². The second kappa shape index (κ2) is 7.10. The minimum absolute atomic E-state index is 0.209. The Kier molecular flexibility index (Phi) is 6.09. The van der Waals surface area contributed by atoms with Crippen molar-refractivity contribution < 1.29 is 4.79 Å². The van der Waals surface area contributed by atoms with Crippen LogP contribution >= 0.6 is 0 Å². The minimum Gasteiger partial charge on any atom is -0.342 e. The second-order valence-corrected chi connectivity index (χ2v) is 6.17. The molecule has 0 bridgehead atoms. The maximum Gasteiger partial charge on any atom is 0.219 e. The zero-order chi connectivity index (χ0) is 13.6. The van der Waals surface area contributed by atoms with Crippen LogP contribution in [-0.2, 0) is 4.79 Å². The highest BCUT2D eigenvalue weighted by Gasteiger charge is 2.18. The van der Waals surface area contributed by atoms with Crippen molar-refractivity contribution in [2.45, 2.75) is 40.0 Å². The van der Waals surface area contributed by atoms with E-state index < -0.39 is 0 Å². The molecule has 1 amide bonds. The van der Waals surface area contributed by atoms with Gasteiger partial charge in [-0.3, -0.25) is 4.79 Å². The summed E-state index contributed by atoms with van der Waals surface area (Å²) in [5, 5.41) is 0. The molecular weight excluding hydrogens is 226 g/mol. The van der Waals surface area contributed by atoms with Crippen LogP contribution in [0.5, 0.6) is 0 Å². The Morgan fingerprint density at radius 2 is 1.94 bits per heavy atom. The molecule has 1 aliphatic rings. The summed E-state index contributed by atoms with van der Waals surface area (Å²) in [7, 11) is 0. The molecule has 0 aromatic rings. The van der Waals surface area contributed by atoms with Gasteiger partial charge in [0, 0.05) is 26.6 Å². The van der Waals surface area contributed by atoms with Crippen molar-refractivity contribution in [2.75, 3.05) is 39.3 Å². The van der Waals surface area contributed by atoms with Crippen molar-refractivity contribution in [3.8, 4) is 0 Å². The summed E-state index contributed by atoms with van der Waals surface area (Å²) in [6.07, 6.45) is 3.47. The van der Waals surface area contributed by atoms with Crippen LogP contribution in [-0.4, -0.2) is 55.0 Å². The van der Waals surface area contributed by atoms with Gasteiger partial charge in [0.05, 0.1) is 0 Å². The Morgan fingerprint density at radius 1 is 1.22 bits per heavy atom. The lowest BCUT2D eigenvalue weighted by molar-refractivity contribution is -0.128. The molecule has 1 saturated heterocycles. The highest BCUT2D eigenvalue weighted by atomic mass is 16.2. The summed E-state index contributed by atoms with van der Waals surface area (Å²) >= 11 is 0. The van der Waals surface area contributed by atoms with E-state index in [4.69, 9.17) is 5.73 Å². The summed E-state index contributed by atoms with van der Waals surface area (Å²) in [4.78, 5) is 15.8. The molecule has 0 radical (unpaired) electrons. The molecule has 0 spiro atoms. The average Bonchev–Trinajstić information content (AvgIpc) is 2.54. The van der Waals surface area contributed by atoms with Crippen LogP contribution in [0, 0.1) is 5.41 Å². The number of nitrogens with two attached hydrogens (primary N) is 1. The summed E-state index contributed by atoms with van der Waals surface area (Å²) < 4.78 is 0. The average molecular weight is 255 g/mol. The molecule has 0 aromatic carbocycles. The van der Waals surface area contributed by atoms with E-state index in [1.54, 1.807) is 6.92 Å². The number of carbonyl (C=O) groups is 1. The van der Waals surface area contributed by atoms with Crippen LogP contribution < -0.4 is 5.73 Å². The van der Waals surface area contributed by atoms with Gasteiger partial charge < -0.3 is 15.5 Å². The van der Waals surface area contributed by atoms with E-state index in [0.29, 0.717) is 0 Å². The molecule has 4 heteroatoms. The highest BCUT2D eigenvalue weighted by molar-refractivity contribution is 5.73. The lowest BCUT2D eigenvalue weighted by atomic mass is 9.88. The molecule has 1 aliphatic heterocycles. The molecule has 18 heavy (non-hydrogen) atoms. The van der Waals surface area contributed by atoms with Gasteiger partial charge in [-0.1, -0.05) is 13.8 Å². The van der Waals surface area contributed by atoms with Crippen molar-refractivity contribution in [3.05, 3.63) is 0 Å². The first-order valence-electron chi connectivity index (χ1n) is 7.12. The van der Waals surface area contributed by atoms with Gasteiger partial charge >= 0.3 is 0 Å². The molecule has 0 aromatic heterocycles. The number of rotatable bonds is 5. The van der Waals surface area contributed by atoms with Gasteiger partial charge in [-0.2, -0.15) is 0 Å². The fraction of sp³-hybridized carbons (Fsp3) is 0.929. The zero-order valence-corrected chi connectivity index (χ0v) is 12.2. The molecule has 0 unspecified atom stereocenters. The first-order valence-corrected chi connectivity index (χ1v) is 7.12. The number of hydrogen-bond acceptors (Lipinski definition) is 3. The van der Waals surface area contributed by atoms with E-state index in [0.717, 1.165) is 45.7 Å². The number of amides is 1. The fourth-order valence-electron chi connectivity index (χ4n) is 2.39. The largest absolute Gasteiger partial charge is 0.342 e. The van der Waals surface area contributed by atoms with Crippen molar-refractivity contribution >= 4 is 5.91 Å². The molecule has 1 rings (SSSR count). The third kappa shape index (κ3) is 5.36. The van der Waals surface area contributed by atoms with Crippen molar-refractivity contribution in [1.29, 1.82) is 0 Å². The van der Waals surface area contributed by atoms with Crippen LogP contribution in [0.1, 0.15) is 40.0 Å². The number of carbonyl (C=O) groups excluding carboxylic acids is 1. The van der Waals surface area contributed by atoms with Gasteiger partial charge in [0.15, 0.2) is 0 Å². The van der Waals surface area contributed by atoms with E-state index >= 15 is 0 Å². The molecule has 2 N–H and O–H groups in total. The molecule has 106 valence electrons. The van der Waals surface area contributed by atoms with Gasteiger partial charge in [0.1, 0.15) is 0 Å². The van der Waals surface area contributed by atoms with E-state index in [-0.39, 0.29) is 11.3 Å². The molecule has 0 saturated carbocycles. The second-order valence-electron chi connectivity index (χ2n) is 6.17. The first-order chi connectivity index (χ1) is 8.44. The van der Waals surface area contributed by atoms with E-state index in [9.17, 15) is 4.79 Å². The Bertz CT molecular complexity index is 266. The Hall–Kier alpha value is -0.610. The SMILES string of the molecule is CC(=O)N1CCCN(CCCC(C)(C)CN)CC1. The first kappa shape index (κ1) is 15.4. The fourth-order valence-corrected chi connectivity index (χ4v) is 2.39. The topological polar surface area (TPSA) is 49.6 Å². The minimum atomic E-state index is 0.209. The van der Waals surface area contributed by atoms with Crippen LogP contribution in [0.3, 0.4) is 0 Å². The Morgan fingerprint density at radius 3 is 2.56 bits per heavy atom. The Balaban J connectivity index is 2.26.